The number of nitrogens with zero attached hydrogens (tertiary/aromatic N) is 2. The molecule has 0 saturated heterocycles. The predicted molar refractivity (Wildman–Crippen MR) is 312 cm³/mol. The molecule has 0 unspecified atom stereocenters. The molecule has 350 valence electrons. The van der Waals surface area contributed by atoms with Gasteiger partial charge in [-0.3, -0.25) is 0 Å². The van der Waals surface area contributed by atoms with Crippen molar-refractivity contribution in [2.24, 2.45) is 0 Å². The Morgan fingerprint density at radius 2 is 0.627 bits per heavy atom. The smallest absolute Gasteiger partial charge is 0.252 e. The molecule has 0 aromatic heterocycles. The average Bonchev–Trinajstić information content (AvgIpc) is 4.19. The second-order valence-corrected chi connectivity index (χ2v) is 22.6. The molecule has 0 atom stereocenters. The van der Waals surface area contributed by atoms with Crippen molar-refractivity contribution < 1.29 is 0 Å². The van der Waals surface area contributed by atoms with Crippen LogP contribution < -0.4 is 26.2 Å². The fourth-order valence-electron chi connectivity index (χ4n) is 15.3. The Balaban J connectivity index is 1.02. The summed E-state index contributed by atoms with van der Waals surface area (Å²) in [6.45, 7) is 6.82. The van der Waals surface area contributed by atoms with Crippen molar-refractivity contribution in [1.29, 1.82) is 0 Å². The van der Waals surface area contributed by atoms with Crippen LogP contribution in [-0.4, -0.2) is 6.71 Å². The third kappa shape index (κ3) is 5.02. The minimum absolute atomic E-state index is 0.0135. The SMILES string of the molecule is CC(C)(C)c1ccc(N2c3cc4c(cc3B3c5cc6c(cc5N(c5ccccc5)c5cccc2c53)-c2ccccc2C62c3ccccc3-c3ccccc32)C2(c3ccccc3-c3ccccc32)c2ccccc2-4)cc1. The van der Waals surface area contributed by atoms with Gasteiger partial charge in [0, 0.05) is 34.1 Å². The number of rotatable bonds is 2. The van der Waals surface area contributed by atoms with Gasteiger partial charge in [0.15, 0.2) is 0 Å². The lowest BCUT2D eigenvalue weighted by Crippen LogP contribution is -2.61. The molecular formula is C72H49BN2. The third-order valence-corrected chi connectivity index (χ3v) is 18.2. The zero-order chi connectivity index (χ0) is 49.5. The van der Waals surface area contributed by atoms with Gasteiger partial charge >= 0.3 is 0 Å². The summed E-state index contributed by atoms with van der Waals surface area (Å²) >= 11 is 0. The highest BCUT2D eigenvalue weighted by Gasteiger charge is 2.56. The molecule has 6 aliphatic rings. The first kappa shape index (κ1) is 41.5. The summed E-state index contributed by atoms with van der Waals surface area (Å²) in [6.07, 6.45) is 0. The van der Waals surface area contributed by atoms with E-state index in [1.165, 1.54) is 134 Å². The molecule has 0 amide bonds. The molecule has 2 heterocycles. The summed E-state index contributed by atoms with van der Waals surface area (Å²) in [5.41, 5.74) is 32.9. The zero-order valence-corrected chi connectivity index (χ0v) is 42.1. The molecule has 0 saturated carbocycles. The minimum atomic E-state index is -0.498. The molecule has 17 rings (SSSR count). The van der Waals surface area contributed by atoms with Gasteiger partial charge in [-0.1, -0.05) is 215 Å². The quantitative estimate of drug-likeness (QED) is 0.159. The van der Waals surface area contributed by atoms with E-state index in [0.29, 0.717) is 0 Å². The zero-order valence-electron chi connectivity index (χ0n) is 42.1. The van der Waals surface area contributed by atoms with Gasteiger partial charge in [0.1, 0.15) is 0 Å². The molecule has 0 fully saturated rings. The minimum Gasteiger partial charge on any atom is -0.311 e. The van der Waals surface area contributed by atoms with Crippen molar-refractivity contribution in [2.45, 2.75) is 37.0 Å². The number of benzene rings is 11. The molecule has 11 aromatic carbocycles. The van der Waals surface area contributed by atoms with Crippen LogP contribution >= 0.6 is 0 Å². The summed E-state index contributed by atoms with van der Waals surface area (Å²) in [5, 5.41) is 0. The first-order valence-electron chi connectivity index (χ1n) is 26.7. The Morgan fingerprint density at radius 3 is 1.00 bits per heavy atom. The number of fused-ring (bicyclic) bond motifs is 24. The highest BCUT2D eigenvalue weighted by Crippen LogP contribution is 2.65. The topological polar surface area (TPSA) is 6.48 Å². The standard InChI is InChI=1S/C72H49BN2/c1-70(2,3)44-36-38-46(39-37-44)75-66-35-19-34-65-69(66)73(64-43-62-54(41-68(64)75)52-27-12-18-33-60(52)72(62)57-30-15-9-24-49(57)50-25-10-16-31-58(50)72)63-42-61-53(40-67(63)74(65)45-20-5-4-6-21-45)51-26-11-17-32-59(51)71(61)55-28-13-7-22-47(55)48-23-8-14-29-56(48)71/h4-43H,1-3H3. The summed E-state index contributed by atoms with van der Waals surface area (Å²) in [4.78, 5) is 5.18. The molecule has 4 aliphatic carbocycles. The van der Waals surface area contributed by atoms with Crippen molar-refractivity contribution in [1.82, 2.24) is 0 Å². The molecule has 0 radical (unpaired) electrons. The van der Waals surface area contributed by atoms with Crippen LogP contribution in [0, 0.1) is 0 Å². The molecular weight excluding hydrogens is 904 g/mol. The Bertz CT molecular complexity index is 4220. The van der Waals surface area contributed by atoms with Crippen molar-refractivity contribution in [2.75, 3.05) is 9.80 Å². The number of hydrogen-bond donors (Lipinski definition) is 0. The van der Waals surface area contributed by atoms with Crippen LogP contribution in [0.2, 0.25) is 0 Å². The predicted octanol–water partition coefficient (Wildman–Crippen LogP) is 15.8. The van der Waals surface area contributed by atoms with Gasteiger partial charge < -0.3 is 9.80 Å². The number of anilines is 6. The second kappa shape index (κ2) is 14.4. The van der Waals surface area contributed by atoms with Gasteiger partial charge in [-0.15, -0.1) is 0 Å². The second-order valence-electron chi connectivity index (χ2n) is 22.6. The maximum Gasteiger partial charge on any atom is 0.252 e. The van der Waals surface area contributed by atoms with Crippen molar-refractivity contribution >= 4 is 57.2 Å². The lowest BCUT2D eigenvalue weighted by atomic mass is 9.33. The third-order valence-electron chi connectivity index (χ3n) is 18.2. The van der Waals surface area contributed by atoms with Crippen molar-refractivity contribution in [3.63, 3.8) is 0 Å². The van der Waals surface area contributed by atoms with E-state index in [-0.39, 0.29) is 12.1 Å². The van der Waals surface area contributed by atoms with Gasteiger partial charge in [-0.25, -0.2) is 0 Å². The number of para-hydroxylation sites is 1. The van der Waals surface area contributed by atoms with E-state index in [0.717, 1.165) is 11.4 Å². The van der Waals surface area contributed by atoms with E-state index in [1.54, 1.807) is 0 Å². The van der Waals surface area contributed by atoms with E-state index < -0.39 is 10.8 Å². The Labute approximate surface area is 438 Å². The Kier molecular flexibility index (Phi) is 8.00. The van der Waals surface area contributed by atoms with Crippen LogP contribution in [0.25, 0.3) is 44.5 Å². The first-order chi connectivity index (χ1) is 36.9. The molecule has 2 spiro atoms. The Hall–Kier alpha value is -8.92. The van der Waals surface area contributed by atoms with E-state index >= 15 is 0 Å². The first-order valence-corrected chi connectivity index (χ1v) is 26.7. The largest absolute Gasteiger partial charge is 0.311 e. The maximum absolute atomic E-state index is 2.68. The van der Waals surface area contributed by atoms with Crippen LogP contribution in [0.1, 0.15) is 70.8 Å². The van der Waals surface area contributed by atoms with Gasteiger partial charge in [-0.2, -0.15) is 0 Å². The lowest BCUT2D eigenvalue weighted by Gasteiger charge is -2.45. The summed E-state index contributed by atoms with van der Waals surface area (Å²) < 4.78 is 0. The molecule has 2 nitrogen and oxygen atoms in total. The molecule has 2 aliphatic heterocycles. The van der Waals surface area contributed by atoms with Crippen LogP contribution in [0.5, 0.6) is 0 Å². The van der Waals surface area contributed by atoms with Gasteiger partial charge in [0.2, 0.25) is 0 Å². The van der Waals surface area contributed by atoms with Crippen LogP contribution in [-0.2, 0) is 16.2 Å². The molecule has 11 aromatic rings. The molecule has 0 bridgehead atoms. The highest BCUT2D eigenvalue weighted by atomic mass is 15.2. The van der Waals surface area contributed by atoms with Crippen molar-refractivity contribution in [3.8, 4) is 44.5 Å². The van der Waals surface area contributed by atoms with Crippen LogP contribution in [0.15, 0.2) is 243 Å². The maximum atomic E-state index is 2.68. The van der Waals surface area contributed by atoms with Gasteiger partial charge in [0.25, 0.3) is 6.71 Å². The molecule has 75 heavy (non-hydrogen) atoms. The normalized spacial score (nSPS) is 15.3. The highest BCUT2D eigenvalue weighted by molar-refractivity contribution is 7.00. The Morgan fingerprint density at radius 1 is 0.293 bits per heavy atom. The van der Waals surface area contributed by atoms with E-state index in [9.17, 15) is 0 Å². The van der Waals surface area contributed by atoms with Gasteiger partial charge in [-0.05, 0) is 165 Å². The monoisotopic (exact) mass is 952 g/mol. The van der Waals surface area contributed by atoms with Crippen LogP contribution in [0.3, 0.4) is 0 Å². The van der Waals surface area contributed by atoms with E-state index in [2.05, 4.69) is 273 Å². The van der Waals surface area contributed by atoms with Gasteiger partial charge in [0.05, 0.1) is 10.8 Å². The molecule has 0 N–H and O–H groups in total. The molecule has 3 heteroatoms. The summed E-state index contributed by atoms with van der Waals surface area (Å²) in [7, 11) is 0. The van der Waals surface area contributed by atoms with Crippen molar-refractivity contribution in [3.05, 3.63) is 293 Å². The average molecular weight is 953 g/mol. The van der Waals surface area contributed by atoms with E-state index in [4.69, 9.17) is 0 Å². The fraction of sp³-hybridized carbons (Fsp3) is 0.0833. The van der Waals surface area contributed by atoms with E-state index in [1.807, 2.05) is 0 Å². The summed E-state index contributed by atoms with van der Waals surface area (Å²) in [5.74, 6) is 0. The fourth-order valence-corrected chi connectivity index (χ4v) is 15.3. The number of hydrogen-bond acceptors (Lipinski definition) is 2. The summed E-state index contributed by atoms with van der Waals surface area (Å²) in [6, 6.07) is 93.5. The lowest BCUT2D eigenvalue weighted by molar-refractivity contribution is 0.590. The van der Waals surface area contributed by atoms with Crippen LogP contribution in [0.4, 0.5) is 34.1 Å².